The Morgan fingerprint density at radius 2 is 1.79 bits per heavy atom. The van der Waals surface area contributed by atoms with Crippen molar-refractivity contribution in [2.75, 3.05) is 0 Å². The van der Waals surface area contributed by atoms with Crippen LogP contribution >= 0.6 is 0 Å². The van der Waals surface area contributed by atoms with Gasteiger partial charge >= 0.3 is 0 Å². The molecule has 81 valence electrons. The van der Waals surface area contributed by atoms with Gasteiger partial charge in [-0.1, -0.05) is 19.3 Å². The lowest BCUT2D eigenvalue weighted by Crippen LogP contribution is -2.34. The highest BCUT2D eigenvalue weighted by molar-refractivity contribution is 4.98. The van der Waals surface area contributed by atoms with Gasteiger partial charge in [0.15, 0.2) is 0 Å². The molecule has 2 rings (SSSR count). The molecule has 0 amide bonds. The monoisotopic (exact) mass is 197 g/mol. The molecule has 0 heterocycles. The SMILES string of the molecule is OC1C[CH]C(C2(O)CCCC2)CCC1. The number of hydrogen-bond acceptors (Lipinski definition) is 2. The van der Waals surface area contributed by atoms with E-state index < -0.39 is 5.60 Å². The van der Waals surface area contributed by atoms with Crippen molar-refractivity contribution < 1.29 is 10.2 Å². The van der Waals surface area contributed by atoms with Crippen LogP contribution in [0.5, 0.6) is 0 Å². The van der Waals surface area contributed by atoms with E-state index in [4.69, 9.17) is 0 Å². The minimum Gasteiger partial charge on any atom is -0.393 e. The fraction of sp³-hybridized carbons (Fsp3) is 0.917. The van der Waals surface area contributed by atoms with E-state index in [1.807, 2.05) is 0 Å². The van der Waals surface area contributed by atoms with Crippen LogP contribution in [0.15, 0.2) is 0 Å². The third kappa shape index (κ3) is 2.12. The Morgan fingerprint density at radius 1 is 1.07 bits per heavy atom. The molecule has 0 saturated heterocycles. The average Bonchev–Trinajstić information content (AvgIpc) is 2.47. The predicted molar refractivity (Wildman–Crippen MR) is 55.7 cm³/mol. The van der Waals surface area contributed by atoms with Crippen LogP contribution < -0.4 is 0 Å². The molecule has 2 aliphatic carbocycles. The van der Waals surface area contributed by atoms with Crippen LogP contribution in [0.25, 0.3) is 0 Å². The molecule has 2 unspecified atom stereocenters. The van der Waals surface area contributed by atoms with E-state index in [2.05, 4.69) is 6.42 Å². The standard InChI is InChI=1S/C12H21O2/c13-11-5-3-4-10(6-7-11)12(14)8-1-2-9-12/h6,10-11,13-14H,1-5,7-9H2. The van der Waals surface area contributed by atoms with Crippen molar-refractivity contribution in [2.45, 2.75) is 63.1 Å². The summed E-state index contributed by atoms with van der Waals surface area (Å²) < 4.78 is 0. The molecule has 2 aliphatic rings. The highest BCUT2D eigenvalue weighted by Gasteiger charge is 2.39. The second kappa shape index (κ2) is 4.19. The molecule has 0 aliphatic heterocycles. The highest BCUT2D eigenvalue weighted by Crippen LogP contribution is 2.41. The van der Waals surface area contributed by atoms with E-state index in [0.717, 1.165) is 38.5 Å². The quantitative estimate of drug-likeness (QED) is 0.632. The van der Waals surface area contributed by atoms with E-state index in [9.17, 15) is 10.2 Å². The fourth-order valence-corrected chi connectivity index (χ4v) is 2.98. The molecule has 2 atom stereocenters. The van der Waals surface area contributed by atoms with Gasteiger partial charge in [0.05, 0.1) is 11.7 Å². The van der Waals surface area contributed by atoms with Crippen LogP contribution in [0.4, 0.5) is 0 Å². The van der Waals surface area contributed by atoms with Crippen molar-refractivity contribution in [3.05, 3.63) is 6.42 Å². The Hall–Kier alpha value is -0.0800. The van der Waals surface area contributed by atoms with Gasteiger partial charge in [-0.25, -0.2) is 0 Å². The van der Waals surface area contributed by atoms with Crippen LogP contribution in [-0.2, 0) is 0 Å². The summed E-state index contributed by atoms with van der Waals surface area (Å²) in [6.07, 6.45) is 10.1. The zero-order chi connectivity index (χ0) is 10.0. The van der Waals surface area contributed by atoms with Crippen LogP contribution in [-0.4, -0.2) is 21.9 Å². The maximum atomic E-state index is 10.4. The minimum atomic E-state index is -0.427. The average molecular weight is 197 g/mol. The van der Waals surface area contributed by atoms with Crippen molar-refractivity contribution >= 4 is 0 Å². The van der Waals surface area contributed by atoms with E-state index in [0.29, 0.717) is 5.92 Å². The Balaban J connectivity index is 1.95. The summed E-state index contributed by atoms with van der Waals surface area (Å²) in [4.78, 5) is 0. The first-order chi connectivity index (χ1) is 6.71. The van der Waals surface area contributed by atoms with Gasteiger partial charge < -0.3 is 10.2 Å². The summed E-state index contributed by atoms with van der Waals surface area (Å²) >= 11 is 0. The molecule has 2 heteroatoms. The molecule has 0 bridgehead atoms. The summed E-state index contributed by atoms with van der Waals surface area (Å²) in [6.45, 7) is 0. The first kappa shape index (κ1) is 10.4. The largest absolute Gasteiger partial charge is 0.393 e. The third-order valence-corrected chi connectivity index (χ3v) is 3.90. The van der Waals surface area contributed by atoms with E-state index in [-0.39, 0.29) is 6.10 Å². The molecule has 2 nitrogen and oxygen atoms in total. The van der Waals surface area contributed by atoms with Gasteiger partial charge in [-0.2, -0.15) is 0 Å². The zero-order valence-corrected chi connectivity index (χ0v) is 8.78. The number of hydrogen-bond donors (Lipinski definition) is 2. The summed E-state index contributed by atoms with van der Waals surface area (Å²) in [6, 6.07) is 0. The van der Waals surface area contributed by atoms with Gasteiger partial charge in [0.1, 0.15) is 0 Å². The smallest absolute Gasteiger partial charge is 0.0678 e. The molecule has 2 fully saturated rings. The van der Waals surface area contributed by atoms with Gasteiger partial charge in [-0.15, -0.1) is 0 Å². The fourth-order valence-electron chi connectivity index (χ4n) is 2.98. The lowest BCUT2D eigenvalue weighted by molar-refractivity contribution is -0.00333. The Morgan fingerprint density at radius 3 is 2.50 bits per heavy atom. The number of rotatable bonds is 1. The van der Waals surface area contributed by atoms with Crippen LogP contribution in [0, 0.1) is 12.3 Å². The zero-order valence-electron chi connectivity index (χ0n) is 8.78. The van der Waals surface area contributed by atoms with Crippen molar-refractivity contribution in [3.63, 3.8) is 0 Å². The number of aliphatic hydroxyl groups excluding tert-OH is 1. The van der Waals surface area contributed by atoms with E-state index >= 15 is 0 Å². The van der Waals surface area contributed by atoms with E-state index in [1.165, 1.54) is 12.8 Å². The first-order valence-corrected chi connectivity index (χ1v) is 5.94. The Labute approximate surface area is 86.3 Å². The van der Waals surface area contributed by atoms with Crippen LogP contribution in [0.3, 0.4) is 0 Å². The maximum absolute atomic E-state index is 10.4. The molecule has 0 aromatic heterocycles. The van der Waals surface area contributed by atoms with Crippen LogP contribution in [0.2, 0.25) is 0 Å². The summed E-state index contributed by atoms with van der Waals surface area (Å²) in [5.41, 5.74) is -0.427. The third-order valence-electron chi connectivity index (χ3n) is 3.90. The predicted octanol–water partition coefficient (Wildman–Crippen LogP) is 2.05. The van der Waals surface area contributed by atoms with Crippen molar-refractivity contribution in [1.29, 1.82) is 0 Å². The molecule has 14 heavy (non-hydrogen) atoms. The minimum absolute atomic E-state index is 0.162. The normalized spacial score (nSPS) is 38.1. The van der Waals surface area contributed by atoms with Crippen molar-refractivity contribution in [2.24, 2.45) is 5.92 Å². The maximum Gasteiger partial charge on any atom is 0.0678 e. The Kier molecular flexibility index (Phi) is 3.13. The van der Waals surface area contributed by atoms with Crippen molar-refractivity contribution in [1.82, 2.24) is 0 Å². The van der Waals surface area contributed by atoms with Crippen LogP contribution in [0.1, 0.15) is 51.4 Å². The van der Waals surface area contributed by atoms with Gasteiger partial charge in [0.2, 0.25) is 0 Å². The summed E-state index contributed by atoms with van der Waals surface area (Å²) in [5.74, 6) is 0.335. The lowest BCUT2D eigenvalue weighted by Gasteiger charge is -2.31. The van der Waals surface area contributed by atoms with Gasteiger partial charge in [0.25, 0.3) is 0 Å². The molecule has 2 saturated carbocycles. The summed E-state index contributed by atoms with van der Waals surface area (Å²) in [5, 5.41) is 19.9. The lowest BCUT2D eigenvalue weighted by atomic mass is 9.81. The molecule has 0 aromatic carbocycles. The molecule has 0 aromatic rings. The highest BCUT2D eigenvalue weighted by atomic mass is 16.3. The second-order valence-corrected chi connectivity index (χ2v) is 4.97. The Bertz CT molecular complexity index is 185. The summed E-state index contributed by atoms with van der Waals surface area (Å²) in [7, 11) is 0. The molecule has 2 N–H and O–H groups in total. The molecular formula is C12H21O2. The molecule has 1 radical (unpaired) electrons. The molecule has 0 spiro atoms. The number of aliphatic hydroxyl groups is 2. The topological polar surface area (TPSA) is 40.5 Å². The van der Waals surface area contributed by atoms with E-state index in [1.54, 1.807) is 0 Å². The van der Waals surface area contributed by atoms with Gasteiger partial charge in [-0.05, 0) is 44.4 Å². The van der Waals surface area contributed by atoms with Gasteiger partial charge in [-0.3, -0.25) is 0 Å². The molecular weight excluding hydrogens is 176 g/mol. The second-order valence-electron chi connectivity index (χ2n) is 4.97. The van der Waals surface area contributed by atoms with Gasteiger partial charge in [0, 0.05) is 0 Å². The first-order valence-electron chi connectivity index (χ1n) is 5.94. The van der Waals surface area contributed by atoms with Crippen molar-refractivity contribution in [3.8, 4) is 0 Å².